The average Bonchev–Trinajstić information content (AvgIpc) is 3.04. The van der Waals surface area contributed by atoms with Crippen molar-refractivity contribution in [3.05, 3.63) is 100 Å². The Labute approximate surface area is 174 Å². The van der Waals surface area contributed by atoms with Crippen molar-refractivity contribution in [2.45, 2.75) is 20.0 Å². The molecule has 0 saturated carbocycles. The van der Waals surface area contributed by atoms with Crippen LogP contribution >= 0.6 is 0 Å². The molecular formula is C25H22FNO3. The summed E-state index contributed by atoms with van der Waals surface area (Å²) in [6, 6.07) is 17.8. The van der Waals surface area contributed by atoms with E-state index in [4.69, 9.17) is 4.74 Å². The molecule has 4 rings (SSSR count). The van der Waals surface area contributed by atoms with Gasteiger partial charge < -0.3 is 9.84 Å². The summed E-state index contributed by atoms with van der Waals surface area (Å²) in [7, 11) is 1.94. The second-order valence-corrected chi connectivity index (χ2v) is 7.51. The van der Waals surface area contributed by atoms with Crippen molar-refractivity contribution in [2.24, 2.45) is 0 Å². The Morgan fingerprint density at radius 2 is 1.77 bits per heavy atom. The van der Waals surface area contributed by atoms with E-state index < -0.39 is 5.82 Å². The highest BCUT2D eigenvalue weighted by Gasteiger charge is 2.33. The number of benzene rings is 3. The number of hydrogen-bond donors (Lipinski definition) is 1. The molecule has 152 valence electrons. The molecule has 0 fully saturated rings. The van der Waals surface area contributed by atoms with Crippen LogP contribution in [-0.2, 0) is 13.1 Å². The highest BCUT2D eigenvalue weighted by atomic mass is 19.1. The maximum atomic E-state index is 14.0. The topological polar surface area (TPSA) is 49.8 Å². The zero-order valence-electron chi connectivity index (χ0n) is 16.9. The summed E-state index contributed by atoms with van der Waals surface area (Å²) >= 11 is 0. The number of fused-ring (bicyclic) bond motifs is 1. The van der Waals surface area contributed by atoms with E-state index in [-0.39, 0.29) is 22.9 Å². The van der Waals surface area contributed by atoms with Gasteiger partial charge in [0.25, 0.3) is 0 Å². The number of hydrogen-bond acceptors (Lipinski definition) is 4. The van der Waals surface area contributed by atoms with Gasteiger partial charge >= 0.3 is 0 Å². The molecule has 0 aromatic heterocycles. The number of nitrogens with zero attached hydrogens (tertiary/aromatic N) is 1. The average molecular weight is 403 g/mol. The van der Waals surface area contributed by atoms with Crippen LogP contribution in [0.25, 0.3) is 6.08 Å². The number of phenols is 1. The van der Waals surface area contributed by atoms with E-state index in [9.17, 15) is 14.3 Å². The normalized spacial score (nSPS) is 14.3. The van der Waals surface area contributed by atoms with Gasteiger partial charge in [-0.15, -0.1) is 0 Å². The van der Waals surface area contributed by atoms with Crippen molar-refractivity contribution in [1.82, 2.24) is 4.90 Å². The third kappa shape index (κ3) is 3.84. The molecule has 1 aliphatic rings. The minimum atomic E-state index is -0.431. The Balaban J connectivity index is 1.66. The van der Waals surface area contributed by atoms with Gasteiger partial charge in [-0.05, 0) is 43.3 Å². The molecule has 0 aliphatic carbocycles. The molecule has 0 radical (unpaired) electrons. The lowest BCUT2D eigenvalue weighted by molar-refractivity contribution is 0.101. The molecule has 5 heteroatoms. The van der Waals surface area contributed by atoms with Gasteiger partial charge in [0, 0.05) is 18.7 Å². The lowest BCUT2D eigenvalue weighted by Gasteiger charge is -2.19. The lowest BCUT2D eigenvalue weighted by atomic mass is 9.99. The first-order chi connectivity index (χ1) is 14.4. The molecule has 1 aliphatic heterocycles. The highest BCUT2D eigenvalue weighted by Crippen LogP contribution is 2.42. The molecule has 0 amide bonds. The molecule has 0 spiro atoms. The van der Waals surface area contributed by atoms with Crippen LogP contribution in [0.5, 0.6) is 11.5 Å². The van der Waals surface area contributed by atoms with Crippen LogP contribution in [0.4, 0.5) is 4.39 Å². The summed E-state index contributed by atoms with van der Waals surface area (Å²) in [6.07, 6.45) is 1.41. The van der Waals surface area contributed by atoms with E-state index >= 15 is 0 Å². The van der Waals surface area contributed by atoms with E-state index in [2.05, 4.69) is 0 Å². The fourth-order valence-corrected chi connectivity index (χ4v) is 3.69. The van der Waals surface area contributed by atoms with E-state index in [1.54, 1.807) is 31.2 Å². The number of ketones is 1. The van der Waals surface area contributed by atoms with Crippen LogP contribution in [0.3, 0.4) is 0 Å². The summed E-state index contributed by atoms with van der Waals surface area (Å²) in [5.41, 5.74) is 3.00. The minimum absolute atomic E-state index is 0.0516. The van der Waals surface area contributed by atoms with Gasteiger partial charge in [-0.2, -0.15) is 0 Å². The summed E-state index contributed by atoms with van der Waals surface area (Å²) in [5.74, 6) is -0.265. The number of aryl methyl sites for hydroxylation is 1. The van der Waals surface area contributed by atoms with Gasteiger partial charge in [0.2, 0.25) is 5.78 Å². The Morgan fingerprint density at radius 1 is 1.07 bits per heavy atom. The first-order valence-corrected chi connectivity index (χ1v) is 9.70. The molecule has 30 heavy (non-hydrogen) atoms. The number of phenolic OH excluding ortho intramolecular Hbond substituents is 1. The van der Waals surface area contributed by atoms with Crippen LogP contribution in [0.1, 0.15) is 32.6 Å². The third-order valence-electron chi connectivity index (χ3n) is 5.14. The Morgan fingerprint density at radius 3 is 2.50 bits per heavy atom. The Hall–Kier alpha value is -3.44. The molecular weight excluding hydrogens is 381 g/mol. The number of halogens is 1. The van der Waals surface area contributed by atoms with E-state index in [0.717, 1.165) is 5.56 Å². The smallest absolute Gasteiger partial charge is 0.232 e. The second-order valence-electron chi connectivity index (χ2n) is 7.51. The predicted octanol–water partition coefficient (Wildman–Crippen LogP) is 5.09. The lowest BCUT2D eigenvalue weighted by Crippen LogP contribution is -2.17. The maximum Gasteiger partial charge on any atom is 0.232 e. The summed E-state index contributed by atoms with van der Waals surface area (Å²) in [6.45, 7) is 2.82. The number of Topliss-reactive ketones (excluding diaryl/α,β-unsaturated/α-hetero) is 1. The first-order valence-electron chi connectivity index (χ1n) is 9.70. The van der Waals surface area contributed by atoms with Gasteiger partial charge in [0.1, 0.15) is 17.3 Å². The fraction of sp³-hybridized carbons (Fsp3) is 0.160. The molecule has 3 aromatic rings. The standard InChI is InChI=1S/C25H22FNO3/c1-16-12-21(28)19(15-27(2)14-17-8-4-3-5-9-17)25-23(16)24(29)22(30-25)13-18-10-6-7-11-20(18)26/h3-13,28H,14-15H2,1-2H3/b22-13-. The van der Waals surface area contributed by atoms with E-state index in [0.29, 0.717) is 35.5 Å². The van der Waals surface area contributed by atoms with Gasteiger partial charge in [-0.25, -0.2) is 4.39 Å². The van der Waals surface area contributed by atoms with Crippen LogP contribution in [0, 0.1) is 12.7 Å². The molecule has 0 atom stereocenters. The fourth-order valence-electron chi connectivity index (χ4n) is 3.69. The summed E-state index contributed by atoms with van der Waals surface area (Å²) in [4.78, 5) is 15.0. The molecule has 0 saturated heterocycles. The predicted molar refractivity (Wildman–Crippen MR) is 114 cm³/mol. The maximum absolute atomic E-state index is 14.0. The quantitative estimate of drug-likeness (QED) is 0.603. The molecule has 4 nitrogen and oxygen atoms in total. The number of carbonyl (C=O) groups is 1. The third-order valence-corrected chi connectivity index (χ3v) is 5.14. The molecule has 1 heterocycles. The monoisotopic (exact) mass is 403 g/mol. The van der Waals surface area contributed by atoms with Gasteiger partial charge in [0.15, 0.2) is 5.76 Å². The van der Waals surface area contributed by atoms with Gasteiger partial charge in [0.05, 0.1) is 11.1 Å². The zero-order valence-corrected chi connectivity index (χ0v) is 16.9. The number of rotatable bonds is 5. The van der Waals surface area contributed by atoms with Crippen LogP contribution in [0.15, 0.2) is 66.4 Å². The van der Waals surface area contributed by atoms with Crippen LogP contribution in [-0.4, -0.2) is 22.8 Å². The van der Waals surface area contributed by atoms with Crippen LogP contribution in [0.2, 0.25) is 0 Å². The summed E-state index contributed by atoms with van der Waals surface area (Å²) in [5, 5.41) is 10.6. The zero-order chi connectivity index (χ0) is 21.3. The molecule has 0 bridgehead atoms. The second kappa shape index (κ2) is 8.13. The Bertz CT molecular complexity index is 1140. The first kappa shape index (κ1) is 19.9. The van der Waals surface area contributed by atoms with Gasteiger partial charge in [-0.3, -0.25) is 9.69 Å². The van der Waals surface area contributed by atoms with Gasteiger partial charge in [-0.1, -0.05) is 48.5 Å². The van der Waals surface area contributed by atoms with Crippen molar-refractivity contribution in [3.63, 3.8) is 0 Å². The minimum Gasteiger partial charge on any atom is -0.507 e. The van der Waals surface area contributed by atoms with E-state index in [1.807, 2.05) is 42.3 Å². The Kier molecular flexibility index (Phi) is 5.38. The number of ether oxygens (including phenoxy) is 1. The largest absolute Gasteiger partial charge is 0.507 e. The number of carbonyl (C=O) groups excluding carboxylic acids is 1. The van der Waals surface area contributed by atoms with E-state index in [1.165, 1.54) is 12.1 Å². The van der Waals surface area contributed by atoms with Crippen molar-refractivity contribution in [3.8, 4) is 11.5 Å². The number of aromatic hydroxyl groups is 1. The highest BCUT2D eigenvalue weighted by molar-refractivity contribution is 6.15. The molecule has 1 N–H and O–H groups in total. The SMILES string of the molecule is Cc1cc(O)c(CN(C)Cc2ccccc2)c2c1C(=O)/C(=C/c1ccccc1F)O2. The van der Waals surface area contributed by atoms with Crippen molar-refractivity contribution in [1.29, 1.82) is 0 Å². The molecule has 0 unspecified atom stereocenters. The summed E-state index contributed by atoms with van der Waals surface area (Å²) < 4.78 is 19.9. The van der Waals surface area contributed by atoms with Crippen molar-refractivity contribution >= 4 is 11.9 Å². The van der Waals surface area contributed by atoms with Crippen molar-refractivity contribution < 1.29 is 19.0 Å². The van der Waals surface area contributed by atoms with Crippen molar-refractivity contribution in [2.75, 3.05) is 7.05 Å². The van der Waals surface area contributed by atoms with Crippen LogP contribution < -0.4 is 4.74 Å². The number of allylic oxidation sites excluding steroid dienone is 1. The molecule has 3 aromatic carbocycles.